The maximum absolute atomic E-state index is 12.6. The number of fused-ring (bicyclic) bond motifs is 2. The predicted molar refractivity (Wildman–Crippen MR) is 94.7 cm³/mol. The van der Waals surface area contributed by atoms with Crippen LogP contribution in [0, 0.1) is 23.7 Å². The highest BCUT2D eigenvalue weighted by Gasteiger charge is 2.53. The van der Waals surface area contributed by atoms with Crippen molar-refractivity contribution in [1.29, 1.82) is 0 Å². The van der Waals surface area contributed by atoms with Crippen LogP contribution in [-0.2, 0) is 9.53 Å². The maximum atomic E-state index is 12.6. The third-order valence-corrected chi connectivity index (χ3v) is 6.80. The minimum Gasteiger partial charge on any atom is -0.497 e. The average molecular weight is 346 g/mol. The quantitative estimate of drug-likeness (QED) is 0.831. The standard InChI is InChI=1S/C20H24ClNO2/c1-10-9-24-19-12(3)18-15(8-14(10)19)17(11(2)20(23)22-18)13-6-4-5-7-16(13)21/h4-7,9,11-12,14-15,17-19H,8H2,1-3H3,(H,22,23). The van der Waals surface area contributed by atoms with Gasteiger partial charge in [0, 0.05) is 34.7 Å². The van der Waals surface area contributed by atoms with Gasteiger partial charge in [0.1, 0.15) is 6.10 Å². The van der Waals surface area contributed by atoms with Crippen LogP contribution in [0.1, 0.15) is 38.7 Å². The largest absolute Gasteiger partial charge is 0.497 e. The van der Waals surface area contributed by atoms with E-state index in [-0.39, 0.29) is 29.9 Å². The van der Waals surface area contributed by atoms with Gasteiger partial charge in [0.05, 0.1) is 6.26 Å². The summed E-state index contributed by atoms with van der Waals surface area (Å²) in [5.74, 6) is 1.36. The molecule has 1 aromatic carbocycles. The molecule has 24 heavy (non-hydrogen) atoms. The van der Waals surface area contributed by atoms with Gasteiger partial charge in [-0.05, 0) is 36.5 Å². The van der Waals surface area contributed by atoms with Crippen molar-refractivity contribution in [3.63, 3.8) is 0 Å². The lowest BCUT2D eigenvalue weighted by Crippen LogP contribution is -2.61. The van der Waals surface area contributed by atoms with Crippen LogP contribution in [0.5, 0.6) is 0 Å². The summed E-state index contributed by atoms with van der Waals surface area (Å²) in [6.45, 7) is 6.40. The fourth-order valence-corrected chi connectivity index (χ4v) is 5.42. The Labute approximate surface area is 148 Å². The summed E-state index contributed by atoms with van der Waals surface area (Å²) >= 11 is 6.51. The Morgan fingerprint density at radius 3 is 2.75 bits per heavy atom. The van der Waals surface area contributed by atoms with Gasteiger partial charge in [0.15, 0.2) is 0 Å². The van der Waals surface area contributed by atoms with Crippen LogP contribution < -0.4 is 5.32 Å². The molecule has 2 aliphatic heterocycles. The number of hydrogen-bond donors (Lipinski definition) is 1. The van der Waals surface area contributed by atoms with Crippen molar-refractivity contribution in [2.75, 3.05) is 0 Å². The van der Waals surface area contributed by atoms with Crippen molar-refractivity contribution in [1.82, 2.24) is 5.32 Å². The van der Waals surface area contributed by atoms with Gasteiger partial charge in [0.25, 0.3) is 0 Å². The number of ether oxygens (including phenoxy) is 1. The first-order valence-corrected chi connectivity index (χ1v) is 9.23. The summed E-state index contributed by atoms with van der Waals surface area (Å²) in [6, 6.07) is 8.14. The topological polar surface area (TPSA) is 38.3 Å². The molecule has 1 saturated heterocycles. The summed E-state index contributed by atoms with van der Waals surface area (Å²) in [4.78, 5) is 12.6. The number of nitrogens with one attached hydrogen (secondary N) is 1. The smallest absolute Gasteiger partial charge is 0.223 e. The fourth-order valence-electron chi connectivity index (χ4n) is 5.16. The van der Waals surface area contributed by atoms with Crippen LogP contribution in [0.3, 0.4) is 0 Å². The Morgan fingerprint density at radius 1 is 1.25 bits per heavy atom. The second kappa shape index (κ2) is 5.80. The van der Waals surface area contributed by atoms with Gasteiger partial charge in [-0.1, -0.05) is 43.6 Å². The molecule has 0 bridgehead atoms. The van der Waals surface area contributed by atoms with Crippen molar-refractivity contribution < 1.29 is 9.53 Å². The second-order valence-corrected chi connectivity index (χ2v) is 8.11. The lowest BCUT2D eigenvalue weighted by Gasteiger charge is -2.51. The number of amides is 1. The normalized spacial score (nSPS) is 40.9. The molecule has 128 valence electrons. The minimum absolute atomic E-state index is 0.0680. The number of benzene rings is 1. The van der Waals surface area contributed by atoms with Gasteiger partial charge in [-0.2, -0.15) is 0 Å². The molecule has 4 heteroatoms. The van der Waals surface area contributed by atoms with Crippen LogP contribution in [0.15, 0.2) is 36.1 Å². The average Bonchev–Trinajstić information content (AvgIpc) is 2.93. The highest BCUT2D eigenvalue weighted by molar-refractivity contribution is 6.31. The molecular weight excluding hydrogens is 322 g/mol. The molecule has 3 nitrogen and oxygen atoms in total. The Balaban J connectivity index is 1.76. The molecule has 1 N–H and O–H groups in total. The molecule has 1 saturated carbocycles. The third-order valence-electron chi connectivity index (χ3n) is 6.45. The van der Waals surface area contributed by atoms with Crippen molar-refractivity contribution in [3.8, 4) is 0 Å². The summed E-state index contributed by atoms with van der Waals surface area (Å²) in [5.41, 5.74) is 2.44. The Morgan fingerprint density at radius 2 is 2.00 bits per heavy atom. The van der Waals surface area contributed by atoms with Crippen molar-refractivity contribution >= 4 is 17.5 Å². The third kappa shape index (κ3) is 2.28. The van der Waals surface area contributed by atoms with E-state index in [1.54, 1.807) is 0 Å². The first kappa shape index (κ1) is 16.0. The summed E-state index contributed by atoms with van der Waals surface area (Å²) < 4.78 is 5.92. The van der Waals surface area contributed by atoms with Gasteiger partial charge in [-0.25, -0.2) is 0 Å². The lowest BCUT2D eigenvalue weighted by atomic mass is 9.59. The predicted octanol–water partition coefficient (Wildman–Crippen LogP) is 4.13. The van der Waals surface area contributed by atoms with Crippen LogP contribution in [-0.4, -0.2) is 18.1 Å². The second-order valence-electron chi connectivity index (χ2n) is 7.70. The Hall–Kier alpha value is -1.48. The summed E-state index contributed by atoms with van der Waals surface area (Å²) in [5, 5.41) is 4.05. The molecule has 7 unspecified atom stereocenters. The highest BCUT2D eigenvalue weighted by Crippen LogP contribution is 2.51. The molecule has 1 amide bonds. The van der Waals surface area contributed by atoms with E-state index in [0.717, 1.165) is 17.0 Å². The summed E-state index contributed by atoms with van der Waals surface area (Å²) in [6.07, 6.45) is 3.15. The molecule has 1 aromatic rings. The Bertz CT molecular complexity index is 701. The van der Waals surface area contributed by atoms with Gasteiger partial charge in [-0.15, -0.1) is 0 Å². The van der Waals surface area contributed by atoms with E-state index < -0.39 is 0 Å². The molecule has 7 atom stereocenters. The van der Waals surface area contributed by atoms with Crippen molar-refractivity contribution in [2.45, 2.75) is 45.3 Å². The summed E-state index contributed by atoms with van der Waals surface area (Å²) in [7, 11) is 0. The molecule has 3 aliphatic rings. The maximum Gasteiger partial charge on any atom is 0.223 e. The van der Waals surface area contributed by atoms with E-state index in [9.17, 15) is 4.79 Å². The van der Waals surface area contributed by atoms with E-state index >= 15 is 0 Å². The SMILES string of the molecule is CC1=COC2C1CC1C(NC(=O)C(C)C1c1ccccc1Cl)C2C. The zero-order valence-corrected chi connectivity index (χ0v) is 15.1. The molecule has 0 radical (unpaired) electrons. The minimum atomic E-state index is -0.0680. The van der Waals surface area contributed by atoms with E-state index in [1.807, 2.05) is 31.4 Å². The van der Waals surface area contributed by atoms with E-state index in [0.29, 0.717) is 17.8 Å². The molecule has 4 rings (SSSR count). The van der Waals surface area contributed by atoms with E-state index in [1.165, 1.54) is 5.57 Å². The zero-order chi connectivity index (χ0) is 17.0. The molecule has 0 aromatic heterocycles. The molecule has 2 heterocycles. The van der Waals surface area contributed by atoms with Gasteiger partial charge in [-0.3, -0.25) is 4.79 Å². The number of carbonyl (C=O) groups excluding carboxylic acids is 1. The van der Waals surface area contributed by atoms with Crippen LogP contribution in [0.25, 0.3) is 0 Å². The molecule has 0 spiro atoms. The number of halogens is 1. The van der Waals surface area contributed by atoms with Gasteiger partial charge >= 0.3 is 0 Å². The lowest BCUT2D eigenvalue weighted by molar-refractivity contribution is -0.134. The first-order valence-electron chi connectivity index (χ1n) is 8.86. The number of piperidine rings is 1. The zero-order valence-electron chi connectivity index (χ0n) is 14.3. The Kier molecular flexibility index (Phi) is 3.87. The monoisotopic (exact) mass is 345 g/mol. The van der Waals surface area contributed by atoms with Crippen LogP contribution >= 0.6 is 11.6 Å². The highest BCUT2D eigenvalue weighted by atomic mass is 35.5. The van der Waals surface area contributed by atoms with Crippen molar-refractivity contribution in [3.05, 3.63) is 46.7 Å². The number of hydrogen-bond acceptors (Lipinski definition) is 2. The van der Waals surface area contributed by atoms with Crippen LogP contribution in [0.2, 0.25) is 5.02 Å². The fraction of sp³-hybridized carbons (Fsp3) is 0.550. The molecule has 1 aliphatic carbocycles. The first-order chi connectivity index (χ1) is 11.5. The number of rotatable bonds is 1. The molecule has 2 fully saturated rings. The van der Waals surface area contributed by atoms with Crippen LogP contribution in [0.4, 0.5) is 0 Å². The van der Waals surface area contributed by atoms with Gasteiger partial charge < -0.3 is 10.1 Å². The van der Waals surface area contributed by atoms with Crippen molar-refractivity contribution in [2.24, 2.45) is 23.7 Å². The number of carbonyl (C=O) groups is 1. The van der Waals surface area contributed by atoms with E-state index in [4.69, 9.17) is 16.3 Å². The molecular formula is C20H24ClNO2. The van der Waals surface area contributed by atoms with E-state index in [2.05, 4.69) is 25.2 Å². The van der Waals surface area contributed by atoms with Gasteiger partial charge in [0.2, 0.25) is 5.91 Å².